The molecular formula is C14H22N4O3. The van der Waals surface area contributed by atoms with Crippen LogP contribution in [0.15, 0.2) is 24.3 Å². The zero-order valence-corrected chi connectivity index (χ0v) is 12.2. The van der Waals surface area contributed by atoms with E-state index in [4.69, 9.17) is 10.6 Å². The standard InChI is InChI=1S/C14H22N4O3/c1-20-13-4-2-12(3-5-13)18-10-8-17(9-11-18)7-6-14(19)21-16-15/h2-5,16H,6-11,15H2,1H3. The van der Waals surface area contributed by atoms with Gasteiger partial charge in [0.25, 0.3) is 0 Å². The van der Waals surface area contributed by atoms with E-state index < -0.39 is 0 Å². The van der Waals surface area contributed by atoms with E-state index in [1.54, 1.807) is 7.11 Å². The molecule has 0 saturated carbocycles. The van der Waals surface area contributed by atoms with Crippen molar-refractivity contribution >= 4 is 11.7 Å². The summed E-state index contributed by atoms with van der Waals surface area (Å²) in [5, 5.41) is 0. The molecule has 1 aromatic carbocycles. The van der Waals surface area contributed by atoms with Gasteiger partial charge in [0, 0.05) is 38.4 Å². The van der Waals surface area contributed by atoms with Gasteiger partial charge < -0.3 is 14.5 Å². The summed E-state index contributed by atoms with van der Waals surface area (Å²) >= 11 is 0. The number of ether oxygens (including phenoxy) is 1. The lowest BCUT2D eigenvalue weighted by atomic mass is 10.2. The molecule has 1 saturated heterocycles. The second-order valence-corrected chi connectivity index (χ2v) is 4.87. The number of hydrazine groups is 1. The van der Waals surface area contributed by atoms with Crippen LogP contribution in [-0.4, -0.2) is 50.7 Å². The summed E-state index contributed by atoms with van der Waals surface area (Å²) in [7, 11) is 1.67. The van der Waals surface area contributed by atoms with Crippen LogP contribution in [-0.2, 0) is 9.63 Å². The summed E-state index contributed by atoms with van der Waals surface area (Å²) in [5.74, 6) is 5.45. The van der Waals surface area contributed by atoms with Crippen molar-refractivity contribution in [3.8, 4) is 5.75 Å². The normalized spacial score (nSPS) is 15.8. The van der Waals surface area contributed by atoms with Gasteiger partial charge in [0.15, 0.2) is 0 Å². The Kier molecular flexibility index (Phi) is 5.79. The van der Waals surface area contributed by atoms with Gasteiger partial charge in [-0.25, -0.2) is 5.84 Å². The van der Waals surface area contributed by atoms with Crippen molar-refractivity contribution < 1.29 is 14.4 Å². The minimum absolute atomic E-state index is 0.338. The monoisotopic (exact) mass is 294 g/mol. The number of nitrogens with zero attached hydrogens (tertiary/aromatic N) is 2. The Labute approximate surface area is 124 Å². The zero-order chi connectivity index (χ0) is 15.1. The number of piperazine rings is 1. The summed E-state index contributed by atoms with van der Waals surface area (Å²) in [6.45, 7) is 4.43. The van der Waals surface area contributed by atoms with E-state index in [1.165, 1.54) is 5.69 Å². The molecule has 1 aromatic rings. The number of methoxy groups -OCH3 is 1. The maximum atomic E-state index is 11.2. The third-order valence-corrected chi connectivity index (χ3v) is 3.61. The van der Waals surface area contributed by atoms with Gasteiger partial charge in [-0.1, -0.05) is 5.59 Å². The van der Waals surface area contributed by atoms with Crippen molar-refractivity contribution in [1.82, 2.24) is 10.5 Å². The second kappa shape index (κ2) is 7.82. The SMILES string of the molecule is COc1ccc(N2CCN(CCC(=O)ONN)CC2)cc1. The van der Waals surface area contributed by atoms with Crippen LogP contribution in [0.25, 0.3) is 0 Å². The number of nitrogens with two attached hydrogens (primary N) is 1. The van der Waals surface area contributed by atoms with Crippen molar-refractivity contribution in [3.63, 3.8) is 0 Å². The van der Waals surface area contributed by atoms with E-state index in [0.29, 0.717) is 13.0 Å². The van der Waals surface area contributed by atoms with Gasteiger partial charge in [0.05, 0.1) is 13.5 Å². The molecule has 0 amide bonds. The van der Waals surface area contributed by atoms with Gasteiger partial charge in [-0.3, -0.25) is 9.69 Å². The molecule has 0 aromatic heterocycles. The molecule has 0 atom stereocenters. The number of anilines is 1. The minimum atomic E-state index is -0.338. The smallest absolute Gasteiger partial charge is 0.327 e. The number of hydrogen-bond donors (Lipinski definition) is 2. The molecule has 21 heavy (non-hydrogen) atoms. The first kappa shape index (κ1) is 15.6. The third-order valence-electron chi connectivity index (χ3n) is 3.61. The molecule has 0 aliphatic carbocycles. The van der Waals surface area contributed by atoms with Gasteiger partial charge in [0.2, 0.25) is 0 Å². The Morgan fingerprint density at radius 3 is 2.48 bits per heavy atom. The summed E-state index contributed by atoms with van der Waals surface area (Å²) in [4.78, 5) is 20.3. The molecule has 7 nitrogen and oxygen atoms in total. The van der Waals surface area contributed by atoms with E-state index in [2.05, 4.69) is 26.8 Å². The Morgan fingerprint density at radius 1 is 1.24 bits per heavy atom. The minimum Gasteiger partial charge on any atom is -0.497 e. The fourth-order valence-corrected chi connectivity index (χ4v) is 2.39. The van der Waals surface area contributed by atoms with Crippen molar-refractivity contribution in [2.45, 2.75) is 6.42 Å². The first-order valence-electron chi connectivity index (χ1n) is 6.99. The molecule has 7 heteroatoms. The number of nitrogens with one attached hydrogen (secondary N) is 1. The quantitative estimate of drug-likeness (QED) is 0.570. The van der Waals surface area contributed by atoms with E-state index in [0.717, 1.165) is 31.9 Å². The van der Waals surface area contributed by atoms with Crippen LogP contribution in [0.2, 0.25) is 0 Å². The molecule has 1 aliphatic rings. The third kappa shape index (κ3) is 4.59. The Morgan fingerprint density at radius 2 is 1.90 bits per heavy atom. The van der Waals surface area contributed by atoms with Crippen molar-refractivity contribution in [1.29, 1.82) is 0 Å². The topological polar surface area (TPSA) is 80.1 Å². The molecule has 0 radical (unpaired) electrons. The zero-order valence-electron chi connectivity index (χ0n) is 12.2. The van der Waals surface area contributed by atoms with Crippen LogP contribution in [0.3, 0.4) is 0 Å². The Bertz CT molecular complexity index is 444. The second-order valence-electron chi connectivity index (χ2n) is 4.87. The lowest BCUT2D eigenvalue weighted by Crippen LogP contribution is -2.47. The van der Waals surface area contributed by atoms with Crippen LogP contribution in [0.4, 0.5) is 5.69 Å². The maximum Gasteiger partial charge on any atom is 0.327 e. The van der Waals surface area contributed by atoms with Gasteiger partial charge >= 0.3 is 5.97 Å². The van der Waals surface area contributed by atoms with Crippen LogP contribution < -0.4 is 21.1 Å². The largest absolute Gasteiger partial charge is 0.497 e. The highest BCUT2D eigenvalue weighted by Crippen LogP contribution is 2.20. The molecule has 2 rings (SSSR count). The summed E-state index contributed by atoms with van der Waals surface area (Å²) < 4.78 is 5.16. The fraction of sp³-hybridized carbons (Fsp3) is 0.500. The average Bonchev–Trinajstić information content (AvgIpc) is 2.54. The summed E-state index contributed by atoms with van der Waals surface area (Å²) in [6.07, 6.45) is 0.340. The van der Waals surface area contributed by atoms with Crippen LogP contribution in [0, 0.1) is 0 Å². The Hall–Kier alpha value is -1.83. The summed E-state index contributed by atoms with van der Waals surface area (Å²) in [6, 6.07) is 8.08. The number of carbonyl (C=O) groups excluding carboxylic acids is 1. The van der Waals surface area contributed by atoms with Gasteiger partial charge in [0.1, 0.15) is 5.75 Å². The van der Waals surface area contributed by atoms with Gasteiger partial charge in [-0.2, -0.15) is 0 Å². The first-order valence-corrected chi connectivity index (χ1v) is 6.99. The van der Waals surface area contributed by atoms with Crippen LogP contribution >= 0.6 is 0 Å². The van der Waals surface area contributed by atoms with E-state index in [1.807, 2.05) is 17.7 Å². The number of carbonyl (C=O) groups is 1. The van der Waals surface area contributed by atoms with Crippen molar-refractivity contribution in [2.24, 2.45) is 5.84 Å². The average molecular weight is 294 g/mol. The van der Waals surface area contributed by atoms with Crippen molar-refractivity contribution in [3.05, 3.63) is 24.3 Å². The van der Waals surface area contributed by atoms with Gasteiger partial charge in [-0.05, 0) is 24.3 Å². The van der Waals surface area contributed by atoms with E-state index in [-0.39, 0.29) is 5.97 Å². The van der Waals surface area contributed by atoms with E-state index >= 15 is 0 Å². The predicted octanol–water partition coefficient (Wildman–Crippen LogP) is 0.129. The molecule has 1 heterocycles. The molecular weight excluding hydrogens is 272 g/mol. The highest BCUT2D eigenvalue weighted by atomic mass is 16.7. The molecule has 0 spiro atoms. The maximum absolute atomic E-state index is 11.2. The lowest BCUT2D eigenvalue weighted by Gasteiger charge is -2.36. The number of rotatable bonds is 6. The number of hydrogen-bond acceptors (Lipinski definition) is 7. The van der Waals surface area contributed by atoms with E-state index in [9.17, 15) is 4.79 Å². The van der Waals surface area contributed by atoms with Crippen LogP contribution in [0.1, 0.15) is 6.42 Å². The highest BCUT2D eigenvalue weighted by molar-refractivity contribution is 5.69. The fourth-order valence-electron chi connectivity index (χ4n) is 2.39. The highest BCUT2D eigenvalue weighted by Gasteiger charge is 2.18. The Balaban J connectivity index is 1.76. The van der Waals surface area contributed by atoms with Crippen molar-refractivity contribution in [2.75, 3.05) is 44.7 Å². The molecule has 1 aliphatic heterocycles. The van der Waals surface area contributed by atoms with Gasteiger partial charge in [-0.15, -0.1) is 0 Å². The molecule has 3 N–H and O–H groups in total. The first-order chi connectivity index (χ1) is 10.2. The number of benzene rings is 1. The molecule has 0 unspecified atom stereocenters. The van der Waals surface area contributed by atoms with Crippen LogP contribution in [0.5, 0.6) is 5.75 Å². The summed E-state index contributed by atoms with van der Waals surface area (Å²) in [5.41, 5.74) is 3.10. The molecule has 116 valence electrons. The predicted molar refractivity (Wildman–Crippen MR) is 79.7 cm³/mol. The molecule has 0 bridgehead atoms. The molecule has 1 fully saturated rings. The lowest BCUT2D eigenvalue weighted by molar-refractivity contribution is -0.151.